The Hall–Kier alpha value is -1.74. The summed E-state index contributed by atoms with van der Waals surface area (Å²) in [6, 6.07) is 13.3. The van der Waals surface area contributed by atoms with Crippen molar-refractivity contribution in [2.75, 3.05) is 26.2 Å². The van der Waals surface area contributed by atoms with E-state index in [0.29, 0.717) is 0 Å². The van der Waals surface area contributed by atoms with Crippen molar-refractivity contribution in [3.8, 4) is 0 Å². The van der Waals surface area contributed by atoms with Gasteiger partial charge in [-0.25, -0.2) is 16.8 Å². The number of rotatable bonds is 4. The molecule has 0 unspecified atom stereocenters. The highest BCUT2D eigenvalue weighted by Gasteiger charge is 2.33. The Morgan fingerprint density at radius 3 is 1.65 bits per heavy atom. The molecule has 0 radical (unpaired) electrons. The molecule has 0 aliphatic carbocycles. The lowest BCUT2D eigenvalue weighted by Crippen LogP contribution is -2.50. The third-order valence-corrected chi connectivity index (χ3v) is 8.50. The Balaban J connectivity index is 1.77. The average Bonchev–Trinajstić information content (AvgIpc) is 2.64. The molecule has 6 nitrogen and oxygen atoms in total. The molecule has 0 bridgehead atoms. The van der Waals surface area contributed by atoms with Gasteiger partial charge in [-0.3, -0.25) is 0 Å². The van der Waals surface area contributed by atoms with Crippen LogP contribution in [0.15, 0.2) is 58.3 Å². The molecule has 0 N–H and O–H groups in total. The van der Waals surface area contributed by atoms with Crippen molar-refractivity contribution in [3.05, 3.63) is 59.7 Å². The summed E-state index contributed by atoms with van der Waals surface area (Å²) < 4.78 is 53.7. The van der Waals surface area contributed by atoms with E-state index in [1.54, 1.807) is 48.5 Å². The minimum atomic E-state index is -3.62. The molecule has 26 heavy (non-hydrogen) atoms. The van der Waals surface area contributed by atoms with Crippen LogP contribution in [-0.2, 0) is 20.0 Å². The maximum absolute atomic E-state index is 12.8. The van der Waals surface area contributed by atoms with E-state index in [1.807, 2.05) is 13.8 Å². The van der Waals surface area contributed by atoms with E-state index in [4.69, 9.17) is 0 Å². The molecule has 1 saturated heterocycles. The topological polar surface area (TPSA) is 74.8 Å². The van der Waals surface area contributed by atoms with Gasteiger partial charge >= 0.3 is 0 Å². The maximum atomic E-state index is 12.8. The van der Waals surface area contributed by atoms with Gasteiger partial charge in [0.25, 0.3) is 0 Å². The third-order valence-electron chi connectivity index (χ3n) is 4.69. The van der Waals surface area contributed by atoms with Gasteiger partial charge in [-0.15, -0.1) is 0 Å². The second-order valence-corrected chi connectivity index (χ2v) is 10.2. The van der Waals surface area contributed by atoms with E-state index >= 15 is 0 Å². The Bertz CT molecular complexity index is 995. The van der Waals surface area contributed by atoms with E-state index < -0.39 is 20.0 Å². The van der Waals surface area contributed by atoms with Gasteiger partial charge in [0.15, 0.2) is 0 Å². The van der Waals surface area contributed by atoms with Crippen LogP contribution in [0.3, 0.4) is 0 Å². The minimum Gasteiger partial charge on any atom is -0.207 e. The van der Waals surface area contributed by atoms with E-state index in [1.165, 1.54) is 8.61 Å². The number of nitrogens with zero attached hydrogens (tertiary/aromatic N) is 2. The predicted molar refractivity (Wildman–Crippen MR) is 99.9 cm³/mol. The lowest BCUT2D eigenvalue weighted by Gasteiger charge is -2.33. The highest BCUT2D eigenvalue weighted by Crippen LogP contribution is 2.23. The van der Waals surface area contributed by atoms with Crippen LogP contribution in [0.4, 0.5) is 0 Å². The monoisotopic (exact) mass is 394 g/mol. The molecule has 2 aromatic carbocycles. The predicted octanol–water partition coefficient (Wildman–Crippen LogP) is 2.00. The van der Waals surface area contributed by atoms with Crippen LogP contribution in [0.1, 0.15) is 11.1 Å². The largest absolute Gasteiger partial charge is 0.243 e. The van der Waals surface area contributed by atoms with Gasteiger partial charge in [-0.1, -0.05) is 24.3 Å². The van der Waals surface area contributed by atoms with Gasteiger partial charge in [0.05, 0.1) is 9.79 Å². The molecule has 0 saturated carbocycles. The summed E-state index contributed by atoms with van der Waals surface area (Å²) in [6.45, 7) is 4.36. The molecule has 3 rings (SSSR count). The number of hydrogen-bond acceptors (Lipinski definition) is 4. The number of hydrogen-bond donors (Lipinski definition) is 0. The highest BCUT2D eigenvalue weighted by atomic mass is 32.2. The lowest BCUT2D eigenvalue weighted by molar-refractivity contribution is 0.273. The summed E-state index contributed by atoms with van der Waals surface area (Å²) in [5.41, 5.74) is 1.94. The molecule has 8 heteroatoms. The number of piperazine rings is 1. The molecule has 0 amide bonds. The zero-order chi connectivity index (χ0) is 18.9. The molecule has 1 fully saturated rings. The van der Waals surface area contributed by atoms with Gasteiger partial charge in [0.2, 0.25) is 20.0 Å². The van der Waals surface area contributed by atoms with Crippen molar-refractivity contribution >= 4 is 20.0 Å². The molecule has 140 valence electrons. The van der Waals surface area contributed by atoms with Gasteiger partial charge < -0.3 is 0 Å². The van der Waals surface area contributed by atoms with Crippen molar-refractivity contribution in [2.24, 2.45) is 0 Å². The second-order valence-electron chi connectivity index (χ2n) is 6.37. The van der Waals surface area contributed by atoms with Gasteiger partial charge in [-0.2, -0.15) is 8.61 Å². The highest BCUT2D eigenvalue weighted by molar-refractivity contribution is 7.89. The maximum Gasteiger partial charge on any atom is 0.243 e. The fourth-order valence-corrected chi connectivity index (χ4v) is 5.87. The van der Waals surface area contributed by atoms with Crippen molar-refractivity contribution in [2.45, 2.75) is 23.6 Å². The molecule has 0 atom stereocenters. The summed E-state index contributed by atoms with van der Waals surface area (Å²) in [5, 5.41) is 0. The molecular formula is C18H22N2O4S2. The number of benzene rings is 2. The number of sulfonamides is 2. The fourth-order valence-electron chi connectivity index (χ4n) is 2.92. The van der Waals surface area contributed by atoms with Crippen LogP contribution < -0.4 is 0 Å². The van der Waals surface area contributed by atoms with Gasteiger partial charge in [0.1, 0.15) is 0 Å². The summed E-state index contributed by atoms with van der Waals surface area (Å²) in [5.74, 6) is 0. The zero-order valence-corrected chi connectivity index (χ0v) is 16.4. The Kier molecular flexibility index (Phi) is 5.21. The number of aryl methyl sites for hydroxylation is 2. The molecule has 0 spiro atoms. The van der Waals surface area contributed by atoms with Gasteiger partial charge in [0, 0.05) is 26.2 Å². The van der Waals surface area contributed by atoms with Crippen LogP contribution in [-0.4, -0.2) is 51.6 Å². The van der Waals surface area contributed by atoms with Crippen LogP contribution in [0.5, 0.6) is 0 Å². The normalized spacial score (nSPS) is 17.3. The fraction of sp³-hybridized carbons (Fsp3) is 0.333. The summed E-state index contributed by atoms with van der Waals surface area (Å²) in [7, 11) is -7.22. The smallest absolute Gasteiger partial charge is 0.207 e. The third kappa shape index (κ3) is 3.55. The van der Waals surface area contributed by atoms with Crippen LogP contribution in [0.2, 0.25) is 0 Å². The lowest BCUT2D eigenvalue weighted by atomic mass is 10.1. The summed E-state index contributed by atoms with van der Waals surface area (Å²) >= 11 is 0. The first-order chi connectivity index (χ1) is 12.2. The van der Waals surface area contributed by atoms with E-state index in [2.05, 4.69) is 0 Å². The first kappa shape index (κ1) is 19.0. The standard InChI is InChI=1S/C18H22N2O4S2/c1-15-8-9-18(14-16(15)2)26(23,24)20-12-10-19(11-13-20)25(21,22)17-6-4-3-5-7-17/h3-9,14H,10-13H2,1-2H3. The van der Waals surface area contributed by atoms with Crippen molar-refractivity contribution in [1.82, 2.24) is 8.61 Å². The van der Waals surface area contributed by atoms with Crippen molar-refractivity contribution < 1.29 is 16.8 Å². The Morgan fingerprint density at radius 1 is 0.654 bits per heavy atom. The second kappa shape index (κ2) is 7.11. The summed E-state index contributed by atoms with van der Waals surface area (Å²) in [4.78, 5) is 0.477. The SMILES string of the molecule is Cc1ccc(S(=O)(=O)N2CCN(S(=O)(=O)c3ccccc3)CC2)cc1C. The van der Waals surface area contributed by atoms with E-state index in [-0.39, 0.29) is 36.0 Å². The van der Waals surface area contributed by atoms with Crippen LogP contribution in [0.25, 0.3) is 0 Å². The van der Waals surface area contributed by atoms with Crippen molar-refractivity contribution in [1.29, 1.82) is 0 Å². The molecular weight excluding hydrogens is 372 g/mol. The molecule has 0 aromatic heterocycles. The zero-order valence-electron chi connectivity index (χ0n) is 14.8. The van der Waals surface area contributed by atoms with E-state index in [0.717, 1.165) is 11.1 Å². The molecule has 1 heterocycles. The van der Waals surface area contributed by atoms with Crippen LogP contribution >= 0.6 is 0 Å². The Morgan fingerprint density at radius 2 is 1.15 bits per heavy atom. The van der Waals surface area contributed by atoms with Crippen molar-refractivity contribution in [3.63, 3.8) is 0 Å². The first-order valence-electron chi connectivity index (χ1n) is 8.35. The Labute approximate surface area is 155 Å². The molecule has 2 aromatic rings. The average molecular weight is 395 g/mol. The molecule has 1 aliphatic heterocycles. The van der Waals surface area contributed by atoms with E-state index in [9.17, 15) is 16.8 Å². The first-order valence-corrected chi connectivity index (χ1v) is 11.2. The summed E-state index contributed by atoms with van der Waals surface area (Å²) in [6.07, 6.45) is 0. The van der Waals surface area contributed by atoms with Gasteiger partial charge in [-0.05, 0) is 49.2 Å². The quantitative estimate of drug-likeness (QED) is 0.795. The minimum absolute atomic E-state index is 0.140. The molecule has 1 aliphatic rings. The van der Waals surface area contributed by atoms with Crippen LogP contribution in [0, 0.1) is 13.8 Å².